The van der Waals surface area contributed by atoms with Crippen LogP contribution in [0.15, 0.2) is 21.4 Å². The number of carbonyl (C=O) groups excluding carboxylic acids is 1. The second-order valence-corrected chi connectivity index (χ2v) is 4.55. The van der Waals surface area contributed by atoms with Gasteiger partial charge in [0.15, 0.2) is 4.67 Å². The first kappa shape index (κ1) is 12.3. The Morgan fingerprint density at radius 2 is 2.13 bits per heavy atom. The lowest BCUT2D eigenvalue weighted by Crippen LogP contribution is -2.44. The number of furan rings is 1. The van der Waals surface area contributed by atoms with E-state index in [-0.39, 0.29) is 11.4 Å². The number of hydrogen-bond acceptors (Lipinski definition) is 2. The van der Waals surface area contributed by atoms with E-state index in [2.05, 4.69) is 35.1 Å². The number of carbonyl (C=O) groups is 1. The Labute approximate surface area is 98.4 Å². The standard InChI is InChI=1S/C11H16BrNO2/c1-4-11(3,5-2)13-10(14)8-6-7-15-9(8)12/h6-7H,4-5H2,1-3H3,(H,13,14). The van der Waals surface area contributed by atoms with Gasteiger partial charge >= 0.3 is 0 Å². The summed E-state index contributed by atoms with van der Waals surface area (Å²) in [5, 5.41) is 3.01. The van der Waals surface area contributed by atoms with Gasteiger partial charge in [0.25, 0.3) is 5.91 Å². The molecule has 0 aliphatic carbocycles. The van der Waals surface area contributed by atoms with Crippen LogP contribution in [0.2, 0.25) is 0 Å². The van der Waals surface area contributed by atoms with Gasteiger partial charge in [-0.1, -0.05) is 13.8 Å². The van der Waals surface area contributed by atoms with Crippen LogP contribution in [0.3, 0.4) is 0 Å². The minimum atomic E-state index is -0.145. The fraction of sp³-hybridized carbons (Fsp3) is 0.545. The molecule has 84 valence electrons. The molecular weight excluding hydrogens is 258 g/mol. The molecule has 0 bridgehead atoms. The highest BCUT2D eigenvalue weighted by Crippen LogP contribution is 2.20. The van der Waals surface area contributed by atoms with Crippen molar-refractivity contribution >= 4 is 21.8 Å². The maximum atomic E-state index is 11.9. The van der Waals surface area contributed by atoms with Crippen LogP contribution in [0.4, 0.5) is 0 Å². The first-order valence-electron chi connectivity index (χ1n) is 5.08. The molecule has 0 saturated heterocycles. The molecule has 15 heavy (non-hydrogen) atoms. The molecule has 3 nitrogen and oxygen atoms in total. The zero-order chi connectivity index (χ0) is 11.5. The van der Waals surface area contributed by atoms with Gasteiger partial charge in [-0.05, 0) is 41.8 Å². The largest absolute Gasteiger partial charge is 0.457 e. The molecule has 1 rings (SSSR count). The number of nitrogens with one attached hydrogen (secondary N) is 1. The van der Waals surface area contributed by atoms with E-state index in [0.717, 1.165) is 12.8 Å². The van der Waals surface area contributed by atoms with E-state index in [1.165, 1.54) is 6.26 Å². The summed E-state index contributed by atoms with van der Waals surface area (Å²) in [6, 6.07) is 1.66. The van der Waals surface area contributed by atoms with Gasteiger partial charge in [0.2, 0.25) is 0 Å². The molecule has 1 aromatic heterocycles. The zero-order valence-electron chi connectivity index (χ0n) is 9.26. The van der Waals surface area contributed by atoms with Crippen molar-refractivity contribution in [2.45, 2.75) is 39.2 Å². The van der Waals surface area contributed by atoms with Gasteiger partial charge in [0.1, 0.15) is 0 Å². The Balaban J connectivity index is 2.76. The lowest BCUT2D eigenvalue weighted by Gasteiger charge is -2.27. The second kappa shape index (κ2) is 4.84. The van der Waals surface area contributed by atoms with Crippen LogP contribution in [0.25, 0.3) is 0 Å². The van der Waals surface area contributed by atoms with Crippen molar-refractivity contribution < 1.29 is 9.21 Å². The average molecular weight is 274 g/mol. The van der Waals surface area contributed by atoms with E-state index >= 15 is 0 Å². The van der Waals surface area contributed by atoms with Crippen LogP contribution >= 0.6 is 15.9 Å². The molecule has 1 aromatic rings. The van der Waals surface area contributed by atoms with Crippen molar-refractivity contribution in [1.29, 1.82) is 0 Å². The molecule has 0 aromatic carbocycles. The first-order chi connectivity index (χ1) is 7.02. The molecular formula is C11H16BrNO2. The van der Waals surface area contributed by atoms with E-state index in [9.17, 15) is 4.79 Å². The fourth-order valence-corrected chi connectivity index (χ4v) is 1.64. The number of rotatable bonds is 4. The van der Waals surface area contributed by atoms with Crippen molar-refractivity contribution in [2.24, 2.45) is 0 Å². The molecule has 0 aliphatic rings. The van der Waals surface area contributed by atoms with E-state index in [4.69, 9.17) is 4.42 Å². The molecule has 0 saturated carbocycles. The molecule has 0 radical (unpaired) electrons. The van der Waals surface area contributed by atoms with Crippen molar-refractivity contribution in [3.63, 3.8) is 0 Å². The summed E-state index contributed by atoms with van der Waals surface area (Å²) in [5.74, 6) is -0.0955. The Kier molecular flexibility index (Phi) is 3.97. The van der Waals surface area contributed by atoms with E-state index < -0.39 is 0 Å². The van der Waals surface area contributed by atoms with Gasteiger partial charge in [0.05, 0.1) is 11.8 Å². The topological polar surface area (TPSA) is 42.2 Å². The predicted octanol–water partition coefficient (Wildman–Crippen LogP) is 3.35. The van der Waals surface area contributed by atoms with Crippen molar-refractivity contribution in [2.75, 3.05) is 0 Å². The normalized spacial score (nSPS) is 11.5. The van der Waals surface area contributed by atoms with E-state index in [1.807, 2.05) is 6.92 Å². The predicted molar refractivity (Wildman–Crippen MR) is 62.9 cm³/mol. The third kappa shape index (κ3) is 2.84. The van der Waals surface area contributed by atoms with Crippen molar-refractivity contribution in [3.8, 4) is 0 Å². The zero-order valence-corrected chi connectivity index (χ0v) is 10.8. The highest BCUT2D eigenvalue weighted by Gasteiger charge is 2.24. The van der Waals surface area contributed by atoms with Crippen LogP contribution in [-0.2, 0) is 0 Å². The molecule has 0 unspecified atom stereocenters. The van der Waals surface area contributed by atoms with Gasteiger partial charge in [-0.3, -0.25) is 4.79 Å². The number of halogens is 1. The third-order valence-corrected chi connectivity index (χ3v) is 3.45. The smallest absolute Gasteiger partial charge is 0.256 e. The Bertz CT molecular complexity index is 342. The van der Waals surface area contributed by atoms with Crippen LogP contribution in [0, 0.1) is 0 Å². The Morgan fingerprint density at radius 3 is 2.53 bits per heavy atom. The second-order valence-electron chi connectivity index (χ2n) is 3.83. The lowest BCUT2D eigenvalue weighted by molar-refractivity contribution is 0.0899. The van der Waals surface area contributed by atoms with Crippen LogP contribution in [0.5, 0.6) is 0 Å². The Hall–Kier alpha value is -0.770. The fourth-order valence-electron chi connectivity index (χ4n) is 1.22. The molecule has 0 aliphatic heterocycles. The third-order valence-electron chi connectivity index (χ3n) is 2.84. The molecule has 1 N–H and O–H groups in total. The van der Waals surface area contributed by atoms with Crippen molar-refractivity contribution in [1.82, 2.24) is 5.32 Å². The Morgan fingerprint density at radius 1 is 1.53 bits per heavy atom. The molecule has 0 atom stereocenters. The van der Waals surface area contributed by atoms with Crippen molar-refractivity contribution in [3.05, 3.63) is 22.6 Å². The SMILES string of the molecule is CCC(C)(CC)NC(=O)c1ccoc1Br. The summed E-state index contributed by atoms with van der Waals surface area (Å²) in [7, 11) is 0. The van der Waals surface area contributed by atoms with Gasteiger partial charge < -0.3 is 9.73 Å². The summed E-state index contributed by atoms with van der Waals surface area (Å²) in [6.07, 6.45) is 3.31. The first-order valence-corrected chi connectivity index (χ1v) is 5.87. The monoisotopic (exact) mass is 273 g/mol. The highest BCUT2D eigenvalue weighted by atomic mass is 79.9. The van der Waals surface area contributed by atoms with Crippen LogP contribution < -0.4 is 5.32 Å². The summed E-state index contributed by atoms with van der Waals surface area (Å²) >= 11 is 3.19. The summed E-state index contributed by atoms with van der Waals surface area (Å²) < 4.78 is 5.50. The number of amides is 1. The van der Waals surface area contributed by atoms with Gasteiger partial charge in [-0.15, -0.1) is 0 Å². The van der Waals surface area contributed by atoms with Gasteiger partial charge in [-0.2, -0.15) is 0 Å². The van der Waals surface area contributed by atoms with Gasteiger partial charge in [0, 0.05) is 5.54 Å². The quantitative estimate of drug-likeness (QED) is 0.914. The summed E-state index contributed by atoms with van der Waals surface area (Å²) in [4.78, 5) is 11.9. The van der Waals surface area contributed by atoms with Crippen LogP contribution in [0.1, 0.15) is 44.0 Å². The molecule has 1 amide bonds. The van der Waals surface area contributed by atoms with E-state index in [0.29, 0.717) is 10.2 Å². The van der Waals surface area contributed by atoms with Gasteiger partial charge in [-0.25, -0.2) is 0 Å². The number of hydrogen-bond donors (Lipinski definition) is 1. The minimum Gasteiger partial charge on any atom is -0.457 e. The molecule has 0 spiro atoms. The molecule has 0 fully saturated rings. The van der Waals surface area contributed by atoms with Crippen LogP contribution in [-0.4, -0.2) is 11.4 Å². The molecule has 4 heteroatoms. The summed E-state index contributed by atoms with van der Waals surface area (Å²) in [6.45, 7) is 6.17. The molecule has 1 heterocycles. The maximum absolute atomic E-state index is 11.9. The van der Waals surface area contributed by atoms with E-state index in [1.54, 1.807) is 6.07 Å². The highest BCUT2D eigenvalue weighted by molar-refractivity contribution is 9.10. The average Bonchev–Trinajstić information content (AvgIpc) is 2.64. The minimum absolute atomic E-state index is 0.0955. The summed E-state index contributed by atoms with van der Waals surface area (Å²) in [5.41, 5.74) is 0.400. The maximum Gasteiger partial charge on any atom is 0.256 e. The lowest BCUT2D eigenvalue weighted by atomic mass is 9.95.